The molecule has 0 aliphatic carbocycles. The zero-order valence-corrected chi connectivity index (χ0v) is 9.26. The molecule has 1 aromatic heterocycles. The molecule has 0 aliphatic heterocycles. The summed E-state index contributed by atoms with van der Waals surface area (Å²) in [5.74, 6) is -1.02. The van der Waals surface area contributed by atoms with Gasteiger partial charge in [-0.15, -0.1) is 0 Å². The minimum Gasteiger partial charge on any atom is -0.459 e. The molecule has 90 valence electrons. The highest BCUT2D eigenvalue weighted by molar-refractivity contribution is 5.91. The lowest BCUT2D eigenvalue weighted by molar-refractivity contribution is 0.0917. The maximum absolute atomic E-state index is 13.5. The molecule has 1 heterocycles. The summed E-state index contributed by atoms with van der Waals surface area (Å²) in [5.41, 5.74) is 0.125. The van der Waals surface area contributed by atoms with Crippen molar-refractivity contribution in [1.82, 2.24) is 5.32 Å². The number of nitrogens with zero attached hydrogens (tertiary/aromatic N) is 1. The lowest BCUT2D eigenvalue weighted by Gasteiger charge is -2.11. The van der Waals surface area contributed by atoms with E-state index >= 15 is 0 Å². The second kappa shape index (κ2) is 5.15. The fourth-order valence-corrected chi connectivity index (χ4v) is 1.50. The third-order valence-corrected chi connectivity index (χ3v) is 2.37. The molecule has 1 unspecified atom stereocenters. The van der Waals surface area contributed by atoms with Crippen molar-refractivity contribution in [3.8, 4) is 6.07 Å². The molecule has 2 rings (SSSR count). The van der Waals surface area contributed by atoms with Gasteiger partial charge >= 0.3 is 0 Å². The minimum atomic E-state index is -1.05. The Bertz CT molecular complexity index is 587. The molecular weight excluding hydrogens is 235 g/mol. The molecule has 1 atom stereocenters. The number of benzene rings is 1. The highest BCUT2D eigenvalue weighted by Crippen LogP contribution is 2.16. The Kier molecular flexibility index (Phi) is 3.39. The molecule has 1 N–H and O–H groups in total. The highest BCUT2D eigenvalue weighted by Gasteiger charge is 2.19. The van der Waals surface area contributed by atoms with Gasteiger partial charge in [-0.05, 0) is 18.2 Å². The van der Waals surface area contributed by atoms with E-state index in [0.29, 0.717) is 0 Å². The van der Waals surface area contributed by atoms with Crippen LogP contribution in [0.1, 0.15) is 22.2 Å². The van der Waals surface area contributed by atoms with Crippen LogP contribution >= 0.6 is 0 Å². The van der Waals surface area contributed by atoms with Gasteiger partial charge in [-0.1, -0.05) is 18.2 Å². The molecule has 0 radical (unpaired) electrons. The molecular formula is C13H9FN2O2. The van der Waals surface area contributed by atoms with Crippen LogP contribution in [0.4, 0.5) is 4.39 Å². The van der Waals surface area contributed by atoms with E-state index in [9.17, 15) is 9.18 Å². The van der Waals surface area contributed by atoms with Crippen molar-refractivity contribution in [2.24, 2.45) is 0 Å². The zero-order valence-electron chi connectivity index (χ0n) is 9.26. The number of amides is 1. The topological polar surface area (TPSA) is 66.0 Å². The summed E-state index contributed by atoms with van der Waals surface area (Å²) in [6, 6.07) is 9.60. The van der Waals surface area contributed by atoms with Gasteiger partial charge in [-0.25, -0.2) is 4.39 Å². The Morgan fingerprint density at radius 3 is 2.72 bits per heavy atom. The lowest BCUT2D eigenvalue weighted by atomic mass is 10.1. The number of hydrogen-bond acceptors (Lipinski definition) is 3. The summed E-state index contributed by atoms with van der Waals surface area (Å²) in [5, 5.41) is 11.4. The Morgan fingerprint density at radius 2 is 2.11 bits per heavy atom. The van der Waals surface area contributed by atoms with Crippen LogP contribution in [0, 0.1) is 17.1 Å². The maximum Gasteiger partial charge on any atom is 0.288 e. The zero-order chi connectivity index (χ0) is 13.0. The first-order valence-electron chi connectivity index (χ1n) is 5.21. The van der Waals surface area contributed by atoms with Crippen LogP contribution < -0.4 is 5.32 Å². The van der Waals surface area contributed by atoms with E-state index in [1.165, 1.54) is 30.5 Å². The van der Waals surface area contributed by atoms with Gasteiger partial charge in [0.25, 0.3) is 5.91 Å². The number of nitrogens with one attached hydrogen (secondary N) is 1. The second-order valence-corrected chi connectivity index (χ2v) is 3.53. The summed E-state index contributed by atoms with van der Waals surface area (Å²) < 4.78 is 18.4. The van der Waals surface area contributed by atoms with E-state index in [-0.39, 0.29) is 11.3 Å². The van der Waals surface area contributed by atoms with E-state index < -0.39 is 17.8 Å². The molecule has 0 saturated heterocycles. The predicted octanol–water partition coefficient (Wildman–Crippen LogP) is 2.41. The van der Waals surface area contributed by atoms with Crippen molar-refractivity contribution in [2.75, 3.05) is 0 Å². The van der Waals surface area contributed by atoms with Crippen LogP contribution in [0.15, 0.2) is 47.1 Å². The number of nitriles is 1. The first-order valence-corrected chi connectivity index (χ1v) is 5.21. The summed E-state index contributed by atoms with van der Waals surface area (Å²) in [7, 11) is 0. The van der Waals surface area contributed by atoms with Crippen molar-refractivity contribution < 1.29 is 13.6 Å². The third-order valence-electron chi connectivity index (χ3n) is 2.37. The number of furan rings is 1. The number of carbonyl (C=O) groups excluding carboxylic acids is 1. The molecule has 1 aromatic carbocycles. The van der Waals surface area contributed by atoms with E-state index in [4.69, 9.17) is 9.68 Å². The van der Waals surface area contributed by atoms with Gasteiger partial charge in [0.2, 0.25) is 0 Å². The average Bonchev–Trinajstić information content (AvgIpc) is 2.90. The van der Waals surface area contributed by atoms with Gasteiger partial charge in [0, 0.05) is 5.56 Å². The average molecular weight is 244 g/mol. The molecule has 0 bridgehead atoms. The molecule has 18 heavy (non-hydrogen) atoms. The fourth-order valence-electron chi connectivity index (χ4n) is 1.50. The quantitative estimate of drug-likeness (QED) is 0.901. The third kappa shape index (κ3) is 2.38. The van der Waals surface area contributed by atoms with Crippen molar-refractivity contribution in [3.63, 3.8) is 0 Å². The number of carbonyl (C=O) groups is 1. The van der Waals surface area contributed by atoms with Gasteiger partial charge in [0.15, 0.2) is 5.76 Å². The smallest absolute Gasteiger partial charge is 0.288 e. The molecule has 0 spiro atoms. The molecule has 4 nitrogen and oxygen atoms in total. The first-order chi connectivity index (χ1) is 8.72. The SMILES string of the molecule is N#CC(NC(=O)c1ccco1)c1ccccc1F. The van der Waals surface area contributed by atoms with Gasteiger partial charge < -0.3 is 9.73 Å². The summed E-state index contributed by atoms with van der Waals surface area (Å²) >= 11 is 0. The molecule has 0 saturated carbocycles. The fraction of sp³-hybridized carbons (Fsp3) is 0.0769. The molecule has 2 aromatic rings. The van der Waals surface area contributed by atoms with Crippen LogP contribution in [0.25, 0.3) is 0 Å². The molecule has 5 heteroatoms. The van der Waals surface area contributed by atoms with E-state index in [1.807, 2.05) is 6.07 Å². The van der Waals surface area contributed by atoms with Crippen molar-refractivity contribution >= 4 is 5.91 Å². The lowest BCUT2D eigenvalue weighted by Crippen LogP contribution is -2.27. The van der Waals surface area contributed by atoms with Gasteiger partial charge in [0.1, 0.15) is 11.9 Å². The van der Waals surface area contributed by atoms with Crippen LogP contribution in [0.2, 0.25) is 0 Å². The van der Waals surface area contributed by atoms with E-state index in [0.717, 1.165) is 0 Å². The molecule has 0 fully saturated rings. The van der Waals surface area contributed by atoms with Gasteiger partial charge in [0.05, 0.1) is 12.3 Å². The minimum absolute atomic E-state index is 0.0755. The highest BCUT2D eigenvalue weighted by atomic mass is 19.1. The molecule has 0 aliphatic rings. The number of rotatable bonds is 3. The Morgan fingerprint density at radius 1 is 1.33 bits per heavy atom. The van der Waals surface area contributed by atoms with Crippen LogP contribution in [0.3, 0.4) is 0 Å². The summed E-state index contributed by atoms with van der Waals surface area (Å²) in [6.45, 7) is 0. The van der Waals surface area contributed by atoms with Crippen LogP contribution in [0.5, 0.6) is 0 Å². The Hall–Kier alpha value is -2.61. The van der Waals surface area contributed by atoms with Crippen molar-refractivity contribution in [1.29, 1.82) is 5.26 Å². The van der Waals surface area contributed by atoms with Crippen LogP contribution in [-0.4, -0.2) is 5.91 Å². The van der Waals surface area contributed by atoms with E-state index in [2.05, 4.69) is 5.32 Å². The monoisotopic (exact) mass is 244 g/mol. The van der Waals surface area contributed by atoms with Crippen molar-refractivity contribution in [2.45, 2.75) is 6.04 Å². The van der Waals surface area contributed by atoms with Crippen LogP contribution in [-0.2, 0) is 0 Å². The normalized spacial score (nSPS) is 11.6. The largest absolute Gasteiger partial charge is 0.459 e. The Balaban J connectivity index is 2.19. The van der Waals surface area contributed by atoms with Gasteiger partial charge in [-0.3, -0.25) is 4.79 Å². The van der Waals surface area contributed by atoms with E-state index in [1.54, 1.807) is 12.1 Å². The van der Waals surface area contributed by atoms with Crippen molar-refractivity contribution in [3.05, 3.63) is 59.8 Å². The predicted molar refractivity (Wildman–Crippen MR) is 60.9 cm³/mol. The Labute approximate surface area is 103 Å². The molecule has 1 amide bonds. The second-order valence-electron chi connectivity index (χ2n) is 3.53. The maximum atomic E-state index is 13.5. The number of halogens is 1. The summed E-state index contributed by atoms with van der Waals surface area (Å²) in [6.07, 6.45) is 1.35. The van der Waals surface area contributed by atoms with Gasteiger partial charge in [-0.2, -0.15) is 5.26 Å². The first kappa shape index (κ1) is 11.9. The number of hydrogen-bond donors (Lipinski definition) is 1. The standard InChI is InChI=1S/C13H9FN2O2/c14-10-5-2-1-4-9(10)11(8-15)16-13(17)12-6-3-7-18-12/h1-7,11H,(H,16,17). The summed E-state index contributed by atoms with van der Waals surface area (Å²) in [4.78, 5) is 11.7.